The van der Waals surface area contributed by atoms with E-state index in [0.29, 0.717) is 5.75 Å². The van der Waals surface area contributed by atoms with E-state index in [2.05, 4.69) is 79.5 Å². The summed E-state index contributed by atoms with van der Waals surface area (Å²) in [4.78, 5) is 0. The van der Waals surface area contributed by atoms with Gasteiger partial charge in [-0.05, 0) is 0 Å². The van der Waals surface area contributed by atoms with Crippen LogP contribution in [0.2, 0.25) is 0 Å². The molecule has 5 aromatic carbocycles. The van der Waals surface area contributed by atoms with Crippen molar-refractivity contribution in [1.29, 1.82) is 0 Å². The Labute approximate surface area is 200 Å². The first kappa shape index (κ1) is 22.1. The molecule has 5 rings (SSSR count). The van der Waals surface area contributed by atoms with E-state index < -0.39 is 6.60 Å². The van der Waals surface area contributed by atoms with E-state index in [1.54, 1.807) is 0 Å². The van der Waals surface area contributed by atoms with Gasteiger partial charge in [0.05, 0.1) is 0 Å². The van der Waals surface area contributed by atoms with Crippen LogP contribution in [-0.2, 0) is 0 Å². The molecule has 0 heterocycles. The van der Waals surface area contributed by atoms with Gasteiger partial charge in [0.25, 0.3) is 0 Å². The maximum absolute atomic E-state index is 15.1. The summed E-state index contributed by atoms with van der Waals surface area (Å²) in [6.07, 6.45) is 0. The summed E-state index contributed by atoms with van der Waals surface area (Å²) in [5.74, 6) is 0.447. The second-order valence-corrected chi connectivity index (χ2v) is 13.8. The van der Waals surface area contributed by atoms with E-state index in [1.807, 2.05) is 60.7 Å². The van der Waals surface area contributed by atoms with Crippen molar-refractivity contribution in [3.8, 4) is 11.5 Å². The summed E-state index contributed by atoms with van der Waals surface area (Å²) in [7, 11) is 0. The van der Waals surface area contributed by atoms with Crippen molar-refractivity contribution >= 4 is 27.8 Å². The molecule has 0 aromatic heterocycles. The summed E-state index contributed by atoms with van der Waals surface area (Å²) < 4.78 is 21.1. The fourth-order valence-corrected chi connectivity index (χ4v) is 10.3. The third-order valence-corrected chi connectivity index (χ3v) is 13.1. The Kier molecular flexibility index (Phi) is 5.77. The van der Waals surface area contributed by atoms with Gasteiger partial charge in [-0.25, -0.2) is 0 Å². The molecule has 0 aliphatic rings. The third kappa shape index (κ3) is 3.52. The number of ether oxygens (including phenoxy) is 1. The first-order valence-electron chi connectivity index (χ1n) is 11.3. The molecule has 34 heavy (non-hydrogen) atoms. The van der Waals surface area contributed by atoms with Crippen molar-refractivity contribution in [3.63, 3.8) is 0 Å². The first-order chi connectivity index (χ1) is 16.6. The van der Waals surface area contributed by atoms with Gasteiger partial charge in [0.15, 0.2) is 0 Å². The molecule has 5 aromatic rings. The van der Waals surface area contributed by atoms with E-state index in [4.69, 9.17) is 4.74 Å². The van der Waals surface area contributed by atoms with Crippen molar-refractivity contribution in [1.82, 2.24) is 0 Å². The number of para-hydroxylation sites is 1. The van der Waals surface area contributed by atoms with Gasteiger partial charge in [0, 0.05) is 0 Å². The van der Waals surface area contributed by atoms with Gasteiger partial charge in [-0.15, -0.1) is 0 Å². The molecule has 3 heteroatoms. The van der Waals surface area contributed by atoms with Crippen molar-refractivity contribution in [3.05, 3.63) is 145 Å². The Hall–Kier alpha value is -3.74. The molecule has 0 atom stereocenters. The monoisotopic (exact) mass is 464 g/mol. The van der Waals surface area contributed by atoms with Crippen molar-refractivity contribution in [2.24, 2.45) is 0 Å². The molecule has 0 spiro atoms. The minimum atomic E-state index is -3.24. The van der Waals surface area contributed by atoms with Crippen LogP contribution in [0.25, 0.3) is 0 Å². The van der Waals surface area contributed by atoms with Gasteiger partial charge < -0.3 is 0 Å². The zero-order chi connectivity index (χ0) is 23.5. The fourth-order valence-electron chi connectivity index (χ4n) is 4.83. The predicted octanol–water partition coefficient (Wildman–Crippen LogP) is 6.40. The van der Waals surface area contributed by atoms with Gasteiger partial charge >= 0.3 is 200 Å². The second kappa shape index (κ2) is 8.89. The molecule has 0 amide bonds. The summed E-state index contributed by atoms with van der Waals surface area (Å²) in [5.41, 5.74) is 0. The van der Waals surface area contributed by atoms with Crippen LogP contribution < -0.4 is 26.0 Å². The van der Waals surface area contributed by atoms with Crippen LogP contribution >= 0.6 is 6.60 Å². The molecular weight excluding hydrogens is 438 g/mol. The van der Waals surface area contributed by atoms with Gasteiger partial charge in [-0.1, -0.05) is 0 Å². The Balaban J connectivity index is 1.86. The number of rotatable bonds is 6. The molecular formula is C31H26FOP. The quantitative estimate of drug-likeness (QED) is 0.264. The van der Waals surface area contributed by atoms with Gasteiger partial charge in [-0.3, -0.25) is 0 Å². The van der Waals surface area contributed by atoms with Crippen LogP contribution in [0.5, 0.6) is 11.5 Å². The molecule has 0 fully saturated rings. The molecule has 0 saturated carbocycles. The van der Waals surface area contributed by atoms with Crippen molar-refractivity contribution in [2.45, 2.75) is 0 Å². The summed E-state index contributed by atoms with van der Waals surface area (Å²) in [5, 5.41) is 4.68. The first-order valence-corrected chi connectivity index (χ1v) is 14.0. The summed E-state index contributed by atoms with van der Waals surface area (Å²) in [6.45, 7) is -0.891. The zero-order valence-corrected chi connectivity index (χ0v) is 19.9. The van der Waals surface area contributed by atoms with Crippen LogP contribution in [0, 0.1) is 5.82 Å². The molecule has 1 nitrogen and oxygen atoms in total. The molecule has 0 unspecified atom stereocenters. The van der Waals surface area contributed by atoms with Crippen LogP contribution in [0.3, 0.4) is 0 Å². The van der Waals surface area contributed by atoms with Crippen LogP contribution in [0.1, 0.15) is 0 Å². The predicted molar refractivity (Wildman–Crippen MR) is 144 cm³/mol. The second-order valence-electron chi connectivity index (χ2n) is 8.60. The topological polar surface area (TPSA) is 9.23 Å². The average Bonchev–Trinajstić information content (AvgIpc) is 2.92. The molecule has 0 bridgehead atoms. The van der Waals surface area contributed by atoms with Gasteiger partial charge in [0.1, 0.15) is 0 Å². The van der Waals surface area contributed by atoms with Gasteiger partial charge in [-0.2, -0.15) is 0 Å². The molecule has 0 aliphatic heterocycles. The summed E-state index contributed by atoms with van der Waals surface area (Å²) in [6, 6.07) is 46.5. The zero-order valence-electron chi connectivity index (χ0n) is 19.0. The number of hydrogen-bond acceptors (Lipinski definition) is 1. The molecule has 0 radical (unpaired) electrons. The molecule has 0 saturated heterocycles. The van der Waals surface area contributed by atoms with Crippen molar-refractivity contribution < 1.29 is 9.13 Å². The maximum atomic E-state index is 15.1. The summed E-state index contributed by atoms with van der Waals surface area (Å²) >= 11 is 0. The van der Waals surface area contributed by atoms with E-state index >= 15 is 4.39 Å². The standard InChI is InChI=1S/C31H26FOP/c1-34(26-16-8-3-9-17-26,27-18-10-4-11-19-27,28-20-12-5-13-21-28)29-22-23-30(32)31(24-29)33-25-14-6-2-7-15-25/h2-24H,1H3. The number of hydrogen-bond donors (Lipinski definition) is 0. The van der Waals surface area contributed by atoms with Gasteiger partial charge in [0.2, 0.25) is 0 Å². The Morgan fingerprint density at radius 3 is 1.35 bits per heavy atom. The molecule has 0 N–H and O–H groups in total. The fraction of sp³-hybridized carbons (Fsp3) is 0.0323. The average molecular weight is 465 g/mol. The van der Waals surface area contributed by atoms with Crippen LogP contribution in [0.15, 0.2) is 140 Å². The Morgan fingerprint density at radius 1 is 0.500 bits per heavy atom. The normalized spacial score (nSPS) is 12.5. The minimum absolute atomic E-state index is 0.224. The van der Waals surface area contributed by atoms with E-state index in [0.717, 1.165) is 5.30 Å². The van der Waals surface area contributed by atoms with Crippen LogP contribution in [0.4, 0.5) is 4.39 Å². The number of halogens is 1. The van der Waals surface area contributed by atoms with E-state index in [-0.39, 0.29) is 11.6 Å². The Morgan fingerprint density at radius 2 is 0.912 bits per heavy atom. The van der Waals surface area contributed by atoms with Crippen LogP contribution in [-0.4, -0.2) is 6.66 Å². The SMILES string of the molecule is CP(c1ccccc1)(c1ccccc1)(c1ccccc1)c1ccc(F)c(Oc2ccccc2)c1. The third-order valence-electron chi connectivity index (χ3n) is 6.74. The Bertz CT molecular complexity index is 1290. The molecule has 0 aliphatic carbocycles. The van der Waals surface area contributed by atoms with Crippen molar-refractivity contribution in [2.75, 3.05) is 6.66 Å². The number of benzene rings is 5. The molecule has 168 valence electrons. The van der Waals surface area contributed by atoms with E-state index in [1.165, 1.54) is 22.0 Å². The van der Waals surface area contributed by atoms with E-state index in [9.17, 15) is 0 Å².